The van der Waals surface area contributed by atoms with Crippen molar-refractivity contribution in [2.75, 3.05) is 0 Å². The van der Waals surface area contributed by atoms with Crippen LogP contribution >= 0.6 is 31.9 Å². The SMILES string of the molecule is O=C1OC(c2ccccc2)=N/C1=C/c1cc(Br)ccc1OC(=O)c1ccc(Br)cc1. The van der Waals surface area contributed by atoms with Crippen LogP contribution in [0.2, 0.25) is 0 Å². The number of rotatable bonds is 4. The summed E-state index contributed by atoms with van der Waals surface area (Å²) < 4.78 is 12.5. The maximum Gasteiger partial charge on any atom is 0.363 e. The number of hydrogen-bond acceptors (Lipinski definition) is 5. The molecule has 0 spiro atoms. The first-order valence-corrected chi connectivity index (χ1v) is 10.4. The zero-order valence-electron chi connectivity index (χ0n) is 15.3. The predicted molar refractivity (Wildman–Crippen MR) is 120 cm³/mol. The fourth-order valence-corrected chi connectivity index (χ4v) is 3.37. The van der Waals surface area contributed by atoms with E-state index in [4.69, 9.17) is 9.47 Å². The van der Waals surface area contributed by atoms with Gasteiger partial charge in [0.15, 0.2) is 5.70 Å². The molecule has 0 amide bonds. The van der Waals surface area contributed by atoms with Gasteiger partial charge >= 0.3 is 11.9 Å². The van der Waals surface area contributed by atoms with E-state index in [0.29, 0.717) is 22.4 Å². The van der Waals surface area contributed by atoms with Gasteiger partial charge < -0.3 is 9.47 Å². The standard InChI is InChI=1S/C23H13Br2NO4/c24-17-8-6-15(7-9-17)22(27)29-20-11-10-18(25)12-16(20)13-19-23(28)30-21(26-19)14-4-2-1-3-5-14/h1-13H/b19-13+. The van der Waals surface area contributed by atoms with E-state index >= 15 is 0 Å². The van der Waals surface area contributed by atoms with Gasteiger partial charge in [-0.15, -0.1) is 0 Å². The summed E-state index contributed by atoms with van der Waals surface area (Å²) in [5.74, 6) is -0.545. The number of hydrogen-bond donors (Lipinski definition) is 0. The summed E-state index contributed by atoms with van der Waals surface area (Å²) in [6.07, 6.45) is 1.53. The number of carbonyl (C=O) groups is 2. The van der Waals surface area contributed by atoms with Gasteiger partial charge in [0, 0.05) is 20.1 Å². The molecule has 0 saturated carbocycles. The van der Waals surface area contributed by atoms with Gasteiger partial charge in [-0.3, -0.25) is 0 Å². The lowest BCUT2D eigenvalue weighted by atomic mass is 10.1. The molecule has 1 heterocycles. The Morgan fingerprint density at radius 3 is 2.37 bits per heavy atom. The van der Waals surface area contributed by atoms with Crippen LogP contribution in [0, 0.1) is 0 Å². The summed E-state index contributed by atoms with van der Waals surface area (Å²) in [5.41, 5.74) is 1.74. The number of esters is 2. The molecule has 1 aliphatic heterocycles. The molecule has 0 saturated heterocycles. The summed E-state index contributed by atoms with van der Waals surface area (Å²) in [6, 6.07) is 21.1. The van der Waals surface area contributed by atoms with E-state index in [1.807, 2.05) is 18.2 Å². The highest BCUT2D eigenvalue weighted by molar-refractivity contribution is 9.10. The van der Waals surface area contributed by atoms with Crippen LogP contribution in [0.1, 0.15) is 21.5 Å². The average molecular weight is 527 g/mol. The minimum absolute atomic E-state index is 0.118. The molecule has 148 valence electrons. The molecule has 30 heavy (non-hydrogen) atoms. The Kier molecular flexibility index (Phi) is 5.92. The lowest BCUT2D eigenvalue weighted by molar-refractivity contribution is -0.129. The maximum absolute atomic E-state index is 12.5. The highest BCUT2D eigenvalue weighted by Gasteiger charge is 2.24. The van der Waals surface area contributed by atoms with Crippen molar-refractivity contribution in [1.82, 2.24) is 0 Å². The molecular formula is C23H13Br2NO4. The number of halogens is 2. The van der Waals surface area contributed by atoms with Gasteiger partial charge in [-0.05, 0) is 60.7 Å². The Balaban J connectivity index is 1.65. The van der Waals surface area contributed by atoms with Crippen molar-refractivity contribution in [2.45, 2.75) is 0 Å². The van der Waals surface area contributed by atoms with Gasteiger partial charge in [0.05, 0.1) is 5.56 Å². The van der Waals surface area contributed by atoms with E-state index in [1.54, 1.807) is 54.6 Å². The van der Waals surface area contributed by atoms with Crippen molar-refractivity contribution >= 4 is 55.8 Å². The zero-order chi connectivity index (χ0) is 21.1. The van der Waals surface area contributed by atoms with E-state index < -0.39 is 11.9 Å². The molecule has 1 aliphatic rings. The molecule has 0 bridgehead atoms. The summed E-state index contributed by atoms with van der Waals surface area (Å²) in [5, 5.41) is 0. The van der Waals surface area contributed by atoms with E-state index in [-0.39, 0.29) is 11.6 Å². The third kappa shape index (κ3) is 4.58. The van der Waals surface area contributed by atoms with Crippen molar-refractivity contribution in [3.05, 3.63) is 104 Å². The van der Waals surface area contributed by atoms with E-state index in [1.165, 1.54) is 6.08 Å². The fourth-order valence-electron chi connectivity index (χ4n) is 2.73. The minimum atomic E-state index is -0.570. The molecule has 0 fully saturated rings. The Morgan fingerprint density at radius 1 is 0.933 bits per heavy atom. The van der Waals surface area contributed by atoms with Crippen molar-refractivity contribution in [1.29, 1.82) is 0 Å². The molecule has 3 aromatic carbocycles. The Bertz CT molecular complexity index is 1190. The molecule has 5 nitrogen and oxygen atoms in total. The number of cyclic esters (lactones) is 1. The number of ether oxygens (including phenoxy) is 2. The van der Waals surface area contributed by atoms with Crippen LogP contribution in [0.3, 0.4) is 0 Å². The van der Waals surface area contributed by atoms with Gasteiger partial charge in [0.2, 0.25) is 5.90 Å². The third-order valence-corrected chi connectivity index (χ3v) is 5.21. The van der Waals surface area contributed by atoms with Gasteiger partial charge in [0.1, 0.15) is 5.75 Å². The monoisotopic (exact) mass is 525 g/mol. The van der Waals surface area contributed by atoms with Gasteiger partial charge in [-0.2, -0.15) is 0 Å². The first-order chi connectivity index (χ1) is 14.5. The first-order valence-electron chi connectivity index (χ1n) is 8.85. The maximum atomic E-state index is 12.5. The number of aliphatic imine (C=N–C) groups is 1. The minimum Gasteiger partial charge on any atom is -0.422 e. The molecule has 0 aromatic heterocycles. The molecule has 7 heteroatoms. The van der Waals surface area contributed by atoms with Crippen LogP contribution in [0.4, 0.5) is 0 Å². The number of carbonyl (C=O) groups excluding carboxylic acids is 2. The Labute approximate surface area is 189 Å². The van der Waals surface area contributed by atoms with E-state index in [2.05, 4.69) is 36.9 Å². The van der Waals surface area contributed by atoms with Gasteiger partial charge in [-0.25, -0.2) is 14.6 Å². The van der Waals surface area contributed by atoms with E-state index in [9.17, 15) is 9.59 Å². The quantitative estimate of drug-likeness (QED) is 0.246. The molecule has 0 radical (unpaired) electrons. The van der Waals surface area contributed by atoms with Crippen LogP contribution < -0.4 is 4.74 Å². The summed E-state index contributed by atoms with van der Waals surface area (Å²) in [7, 11) is 0. The molecule has 0 unspecified atom stereocenters. The Morgan fingerprint density at radius 2 is 1.63 bits per heavy atom. The van der Waals surface area contributed by atoms with E-state index in [0.717, 1.165) is 8.95 Å². The van der Waals surface area contributed by atoms with Gasteiger partial charge in [-0.1, -0.05) is 50.1 Å². The highest BCUT2D eigenvalue weighted by atomic mass is 79.9. The first kappa shape index (κ1) is 20.3. The smallest absolute Gasteiger partial charge is 0.363 e. The summed E-state index contributed by atoms with van der Waals surface area (Å²) in [6.45, 7) is 0. The molecule has 0 N–H and O–H groups in total. The van der Waals surface area contributed by atoms with Gasteiger partial charge in [0.25, 0.3) is 0 Å². The number of nitrogens with zero attached hydrogens (tertiary/aromatic N) is 1. The fraction of sp³-hybridized carbons (Fsp3) is 0. The third-order valence-electron chi connectivity index (χ3n) is 4.19. The van der Waals surface area contributed by atoms with Crippen LogP contribution in [0.5, 0.6) is 5.75 Å². The topological polar surface area (TPSA) is 65.0 Å². The van der Waals surface area contributed by atoms with Crippen molar-refractivity contribution < 1.29 is 19.1 Å². The second kappa shape index (κ2) is 8.77. The average Bonchev–Trinajstić information content (AvgIpc) is 3.11. The largest absolute Gasteiger partial charge is 0.422 e. The Hall–Kier alpha value is -3.03. The normalized spacial score (nSPS) is 14.4. The molecule has 3 aromatic rings. The molecular weight excluding hydrogens is 514 g/mol. The second-order valence-corrected chi connectivity index (χ2v) is 8.11. The highest BCUT2D eigenvalue weighted by Crippen LogP contribution is 2.28. The zero-order valence-corrected chi connectivity index (χ0v) is 18.5. The predicted octanol–water partition coefficient (Wildman–Crippen LogP) is 5.78. The van der Waals surface area contributed by atoms with Crippen LogP contribution in [-0.2, 0) is 9.53 Å². The van der Waals surface area contributed by atoms with Crippen LogP contribution in [-0.4, -0.2) is 17.8 Å². The second-order valence-electron chi connectivity index (χ2n) is 6.28. The molecule has 0 aliphatic carbocycles. The van der Waals surface area contributed by atoms with Crippen molar-refractivity contribution in [3.8, 4) is 5.75 Å². The van der Waals surface area contributed by atoms with Crippen molar-refractivity contribution in [3.63, 3.8) is 0 Å². The van der Waals surface area contributed by atoms with Crippen LogP contribution in [0.25, 0.3) is 6.08 Å². The lowest BCUT2D eigenvalue weighted by Crippen LogP contribution is -2.09. The summed E-state index contributed by atoms with van der Waals surface area (Å²) in [4.78, 5) is 29.1. The molecule has 4 rings (SSSR count). The molecule has 0 atom stereocenters. The van der Waals surface area contributed by atoms with Crippen LogP contribution in [0.15, 0.2) is 92.4 Å². The van der Waals surface area contributed by atoms with Crippen molar-refractivity contribution in [2.24, 2.45) is 4.99 Å². The summed E-state index contributed by atoms with van der Waals surface area (Å²) >= 11 is 6.74. The number of benzene rings is 3. The lowest BCUT2D eigenvalue weighted by Gasteiger charge is -2.08.